The summed E-state index contributed by atoms with van der Waals surface area (Å²) in [4.78, 5) is 10.8. The average Bonchev–Trinajstić information content (AvgIpc) is 2.01. The number of nitrogens with two attached hydrogens (primary N) is 1. The van der Waals surface area contributed by atoms with Gasteiger partial charge in [0, 0.05) is 18.7 Å². The number of anilines is 1. The fraction of sp³-hybridized carbons (Fsp3) is 0.364. The third-order valence-corrected chi connectivity index (χ3v) is 1.81. The van der Waals surface area contributed by atoms with Gasteiger partial charge in [-0.05, 0) is 31.0 Å². The Bertz CT molecular complexity index is 326. The lowest BCUT2D eigenvalue weighted by molar-refractivity contribution is -0.114. The Balaban J connectivity index is 0.00000196. The third kappa shape index (κ3) is 5.40. The van der Waals surface area contributed by atoms with Crippen LogP contribution in [0.3, 0.4) is 0 Å². The van der Waals surface area contributed by atoms with Gasteiger partial charge in [0.05, 0.1) is 0 Å². The van der Waals surface area contributed by atoms with Crippen LogP contribution in [0.4, 0.5) is 5.69 Å². The highest BCUT2D eigenvalue weighted by Gasteiger charge is 2.00. The molecule has 0 saturated carbocycles. The van der Waals surface area contributed by atoms with E-state index >= 15 is 0 Å². The molecule has 0 aliphatic heterocycles. The first-order chi connectivity index (χ1) is 6.58. The van der Waals surface area contributed by atoms with E-state index < -0.39 is 0 Å². The van der Waals surface area contributed by atoms with Gasteiger partial charge in [-0.3, -0.25) is 4.79 Å². The Morgan fingerprint density at radius 2 is 2.20 bits per heavy atom. The summed E-state index contributed by atoms with van der Waals surface area (Å²) in [6.07, 6.45) is 0.827. The highest BCUT2D eigenvalue weighted by molar-refractivity contribution is 5.88. The van der Waals surface area contributed by atoms with Gasteiger partial charge in [-0.2, -0.15) is 0 Å². The zero-order chi connectivity index (χ0) is 10.6. The van der Waals surface area contributed by atoms with E-state index in [0.717, 1.165) is 17.7 Å². The fourth-order valence-corrected chi connectivity index (χ4v) is 1.35. The van der Waals surface area contributed by atoms with Crippen molar-refractivity contribution in [3.63, 3.8) is 0 Å². The number of halogens is 1. The molecular weight excluding hydrogens is 212 g/mol. The van der Waals surface area contributed by atoms with Crippen LogP contribution in [0.1, 0.15) is 19.4 Å². The minimum absolute atomic E-state index is 0. The lowest BCUT2D eigenvalue weighted by Gasteiger charge is -2.07. The second-order valence-electron chi connectivity index (χ2n) is 3.56. The van der Waals surface area contributed by atoms with E-state index in [2.05, 4.69) is 5.32 Å². The van der Waals surface area contributed by atoms with Crippen LogP contribution >= 0.6 is 12.4 Å². The predicted octanol–water partition coefficient (Wildman–Crippen LogP) is 1.96. The van der Waals surface area contributed by atoms with Crippen molar-refractivity contribution < 1.29 is 4.79 Å². The molecule has 0 aromatic heterocycles. The van der Waals surface area contributed by atoms with Crippen LogP contribution in [0.2, 0.25) is 0 Å². The summed E-state index contributed by atoms with van der Waals surface area (Å²) < 4.78 is 0. The molecule has 3 nitrogen and oxygen atoms in total. The number of hydrogen-bond donors (Lipinski definition) is 2. The lowest BCUT2D eigenvalue weighted by atomic mass is 10.1. The molecule has 0 bridgehead atoms. The minimum Gasteiger partial charge on any atom is -0.328 e. The van der Waals surface area contributed by atoms with Gasteiger partial charge in [-0.15, -0.1) is 12.4 Å². The molecule has 0 aliphatic carbocycles. The van der Waals surface area contributed by atoms with E-state index in [-0.39, 0.29) is 24.4 Å². The maximum atomic E-state index is 10.8. The molecule has 1 aromatic rings. The molecule has 0 saturated heterocycles. The van der Waals surface area contributed by atoms with Gasteiger partial charge in [0.15, 0.2) is 0 Å². The zero-order valence-electron chi connectivity index (χ0n) is 8.99. The van der Waals surface area contributed by atoms with Gasteiger partial charge in [0.2, 0.25) is 5.91 Å². The van der Waals surface area contributed by atoms with Crippen LogP contribution in [-0.4, -0.2) is 11.9 Å². The molecule has 0 spiro atoms. The molecule has 3 N–H and O–H groups in total. The maximum Gasteiger partial charge on any atom is 0.221 e. The van der Waals surface area contributed by atoms with Crippen molar-refractivity contribution in [2.24, 2.45) is 5.73 Å². The number of carbonyl (C=O) groups excluding carboxylic acids is 1. The first-order valence-corrected chi connectivity index (χ1v) is 4.70. The van der Waals surface area contributed by atoms with Gasteiger partial charge in [0.25, 0.3) is 0 Å². The van der Waals surface area contributed by atoms with Crippen molar-refractivity contribution in [2.75, 3.05) is 5.32 Å². The van der Waals surface area contributed by atoms with Crippen molar-refractivity contribution >= 4 is 24.0 Å². The van der Waals surface area contributed by atoms with Crippen molar-refractivity contribution in [3.05, 3.63) is 29.8 Å². The fourth-order valence-electron chi connectivity index (χ4n) is 1.35. The summed E-state index contributed by atoms with van der Waals surface area (Å²) in [6, 6.07) is 7.89. The van der Waals surface area contributed by atoms with Gasteiger partial charge < -0.3 is 11.1 Å². The largest absolute Gasteiger partial charge is 0.328 e. The molecule has 84 valence electrons. The molecular formula is C11H17ClN2O. The second kappa shape index (κ2) is 6.43. The number of hydrogen-bond acceptors (Lipinski definition) is 2. The standard InChI is InChI=1S/C11H16N2O.ClH/c1-8(12)6-10-4-3-5-11(7-10)13-9(2)14;/h3-5,7-8H,6,12H2,1-2H3,(H,13,14);1H. The topological polar surface area (TPSA) is 55.1 Å². The SMILES string of the molecule is CC(=O)Nc1cccc(CC(C)N)c1.Cl. The number of benzene rings is 1. The molecule has 0 heterocycles. The first kappa shape index (κ1) is 13.9. The molecule has 1 amide bonds. The number of carbonyl (C=O) groups is 1. The van der Waals surface area contributed by atoms with Crippen LogP contribution in [0.25, 0.3) is 0 Å². The Hall–Kier alpha value is -1.06. The smallest absolute Gasteiger partial charge is 0.221 e. The van der Waals surface area contributed by atoms with Crippen molar-refractivity contribution in [2.45, 2.75) is 26.3 Å². The third-order valence-electron chi connectivity index (χ3n) is 1.81. The first-order valence-electron chi connectivity index (χ1n) is 4.70. The van der Waals surface area contributed by atoms with Gasteiger partial charge in [-0.25, -0.2) is 0 Å². The molecule has 1 aromatic carbocycles. The molecule has 15 heavy (non-hydrogen) atoms. The van der Waals surface area contributed by atoms with Gasteiger partial charge in [0.1, 0.15) is 0 Å². The molecule has 0 aliphatic rings. The van der Waals surface area contributed by atoms with E-state index in [0.29, 0.717) is 0 Å². The average molecular weight is 229 g/mol. The molecule has 1 atom stereocenters. The van der Waals surface area contributed by atoms with Crippen LogP contribution in [0.15, 0.2) is 24.3 Å². The highest BCUT2D eigenvalue weighted by atomic mass is 35.5. The normalized spacial score (nSPS) is 11.4. The van der Waals surface area contributed by atoms with Crippen LogP contribution in [0.5, 0.6) is 0 Å². The Labute approximate surface area is 96.5 Å². The zero-order valence-corrected chi connectivity index (χ0v) is 9.80. The summed E-state index contributed by atoms with van der Waals surface area (Å²) in [5, 5.41) is 2.74. The van der Waals surface area contributed by atoms with E-state index in [1.807, 2.05) is 31.2 Å². The van der Waals surface area contributed by atoms with E-state index in [1.165, 1.54) is 6.92 Å². The van der Waals surface area contributed by atoms with Crippen LogP contribution in [0, 0.1) is 0 Å². The van der Waals surface area contributed by atoms with E-state index in [1.54, 1.807) is 0 Å². The lowest BCUT2D eigenvalue weighted by Crippen LogP contribution is -2.17. The summed E-state index contributed by atoms with van der Waals surface area (Å²) in [5.74, 6) is -0.0528. The van der Waals surface area contributed by atoms with Crippen molar-refractivity contribution in [1.82, 2.24) is 0 Å². The van der Waals surface area contributed by atoms with Crippen molar-refractivity contribution in [3.8, 4) is 0 Å². The summed E-state index contributed by atoms with van der Waals surface area (Å²) >= 11 is 0. The second-order valence-corrected chi connectivity index (χ2v) is 3.56. The van der Waals surface area contributed by atoms with Gasteiger partial charge in [-0.1, -0.05) is 12.1 Å². The maximum absolute atomic E-state index is 10.8. The van der Waals surface area contributed by atoms with Crippen molar-refractivity contribution in [1.29, 1.82) is 0 Å². The molecule has 1 rings (SSSR count). The number of rotatable bonds is 3. The number of amides is 1. The predicted molar refractivity (Wildman–Crippen MR) is 65.3 cm³/mol. The monoisotopic (exact) mass is 228 g/mol. The molecule has 0 fully saturated rings. The Morgan fingerprint density at radius 3 is 2.73 bits per heavy atom. The van der Waals surface area contributed by atoms with E-state index in [4.69, 9.17) is 5.73 Å². The Morgan fingerprint density at radius 1 is 1.53 bits per heavy atom. The summed E-state index contributed by atoms with van der Waals surface area (Å²) in [7, 11) is 0. The molecule has 0 radical (unpaired) electrons. The quantitative estimate of drug-likeness (QED) is 0.831. The Kier molecular flexibility index (Phi) is 5.97. The van der Waals surface area contributed by atoms with E-state index in [9.17, 15) is 4.79 Å². The highest BCUT2D eigenvalue weighted by Crippen LogP contribution is 2.11. The van der Waals surface area contributed by atoms with Crippen LogP contribution in [-0.2, 0) is 11.2 Å². The summed E-state index contributed by atoms with van der Waals surface area (Å²) in [5.41, 5.74) is 7.66. The molecule has 1 unspecified atom stereocenters. The minimum atomic E-state index is -0.0528. The van der Waals surface area contributed by atoms with Gasteiger partial charge >= 0.3 is 0 Å². The summed E-state index contributed by atoms with van der Waals surface area (Å²) in [6.45, 7) is 3.46. The number of nitrogens with one attached hydrogen (secondary N) is 1. The molecule has 4 heteroatoms. The van der Waals surface area contributed by atoms with Crippen LogP contribution < -0.4 is 11.1 Å².